The van der Waals surface area contributed by atoms with Gasteiger partial charge < -0.3 is 19.1 Å². The number of aryl methyl sites for hydroxylation is 1. The van der Waals surface area contributed by atoms with Gasteiger partial charge in [0.05, 0.1) is 7.11 Å². The van der Waals surface area contributed by atoms with E-state index in [0.29, 0.717) is 16.9 Å². The number of phenolic OH excluding ortho intramolecular Hbond substituents is 1. The van der Waals surface area contributed by atoms with Crippen LogP contribution in [0.15, 0.2) is 30.3 Å². The zero-order chi connectivity index (χ0) is 20.0. The number of methoxy groups -OCH3 is 1. The van der Waals surface area contributed by atoms with E-state index in [1.807, 2.05) is 19.9 Å². The Kier molecular flexibility index (Phi) is 6.82. The van der Waals surface area contributed by atoms with Gasteiger partial charge in [0.2, 0.25) is 5.78 Å². The fourth-order valence-corrected chi connectivity index (χ4v) is 2.88. The van der Waals surface area contributed by atoms with Crippen LogP contribution in [-0.4, -0.2) is 35.1 Å². The highest BCUT2D eigenvalue weighted by molar-refractivity contribution is 6.00. The molecular formula is C21H25NO5. The molecule has 0 aliphatic carbocycles. The fourth-order valence-electron chi connectivity index (χ4n) is 2.88. The minimum Gasteiger partial charge on any atom is -0.504 e. The van der Waals surface area contributed by atoms with Crippen LogP contribution in [0.5, 0.6) is 11.5 Å². The van der Waals surface area contributed by atoms with Crippen LogP contribution in [0.3, 0.4) is 0 Å². The first-order valence-electron chi connectivity index (χ1n) is 8.79. The molecule has 0 saturated carbocycles. The highest BCUT2D eigenvalue weighted by Crippen LogP contribution is 2.26. The number of phenols is 1. The van der Waals surface area contributed by atoms with Gasteiger partial charge in [0, 0.05) is 29.6 Å². The molecule has 144 valence electrons. The van der Waals surface area contributed by atoms with E-state index in [0.717, 1.165) is 24.4 Å². The molecule has 1 heterocycles. The molecule has 0 bridgehead atoms. The number of aromatic nitrogens is 1. The van der Waals surface area contributed by atoms with Gasteiger partial charge in [0.25, 0.3) is 0 Å². The lowest BCUT2D eigenvalue weighted by Crippen LogP contribution is -2.13. The highest BCUT2D eigenvalue weighted by Gasteiger charge is 2.16. The SMILES string of the molecule is CCCn1c(C)cc(C(=O)COC(=O)C=Cc2ccc(O)c(OC)c2)c1C. The molecule has 6 heteroatoms. The third kappa shape index (κ3) is 5.00. The lowest BCUT2D eigenvalue weighted by molar-refractivity contribution is -0.136. The Labute approximate surface area is 159 Å². The summed E-state index contributed by atoms with van der Waals surface area (Å²) in [5.41, 5.74) is 3.16. The third-order valence-electron chi connectivity index (χ3n) is 4.28. The first-order chi connectivity index (χ1) is 12.9. The van der Waals surface area contributed by atoms with Gasteiger partial charge in [-0.15, -0.1) is 0 Å². The second-order valence-corrected chi connectivity index (χ2v) is 6.23. The number of hydrogen-bond acceptors (Lipinski definition) is 5. The zero-order valence-corrected chi connectivity index (χ0v) is 16.1. The van der Waals surface area contributed by atoms with Crippen molar-refractivity contribution in [1.29, 1.82) is 0 Å². The molecule has 2 rings (SSSR count). The first-order valence-corrected chi connectivity index (χ1v) is 8.79. The lowest BCUT2D eigenvalue weighted by atomic mass is 10.1. The lowest BCUT2D eigenvalue weighted by Gasteiger charge is -2.07. The average molecular weight is 371 g/mol. The van der Waals surface area contributed by atoms with E-state index in [-0.39, 0.29) is 18.1 Å². The molecular weight excluding hydrogens is 346 g/mol. The number of carbonyl (C=O) groups is 2. The molecule has 6 nitrogen and oxygen atoms in total. The highest BCUT2D eigenvalue weighted by atomic mass is 16.5. The van der Waals surface area contributed by atoms with Crippen molar-refractivity contribution < 1.29 is 24.2 Å². The van der Waals surface area contributed by atoms with Crippen LogP contribution in [-0.2, 0) is 16.1 Å². The Balaban J connectivity index is 1.97. The molecule has 0 unspecified atom stereocenters. The molecule has 0 saturated heterocycles. The van der Waals surface area contributed by atoms with E-state index in [9.17, 15) is 14.7 Å². The van der Waals surface area contributed by atoms with Crippen LogP contribution in [0, 0.1) is 13.8 Å². The number of benzene rings is 1. The number of aromatic hydroxyl groups is 1. The summed E-state index contributed by atoms with van der Waals surface area (Å²) in [7, 11) is 1.44. The average Bonchev–Trinajstić information content (AvgIpc) is 2.94. The molecule has 0 spiro atoms. The van der Waals surface area contributed by atoms with Crippen molar-refractivity contribution in [3.8, 4) is 11.5 Å². The van der Waals surface area contributed by atoms with Gasteiger partial charge in [-0.05, 0) is 50.1 Å². The Bertz CT molecular complexity index is 864. The van der Waals surface area contributed by atoms with Crippen LogP contribution in [0.1, 0.15) is 40.7 Å². The summed E-state index contributed by atoms with van der Waals surface area (Å²) < 4.78 is 12.2. The minimum atomic E-state index is -0.613. The van der Waals surface area contributed by atoms with Crippen molar-refractivity contribution in [2.45, 2.75) is 33.7 Å². The van der Waals surface area contributed by atoms with E-state index in [1.165, 1.54) is 25.3 Å². The molecule has 27 heavy (non-hydrogen) atoms. The molecule has 1 aromatic carbocycles. The Hall–Kier alpha value is -3.02. The smallest absolute Gasteiger partial charge is 0.331 e. The molecule has 0 aliphatic heterocycles. The van der Waals surface area contributed by atoms with Crippen LogP contribution >= 0.6 is 0 Å². The number of esters is 1. The zero-order valence-electron chi connectivity index (χ0n) is 16.1. The van der Waals surface area contributed by atoms with E-state index >= 15 is 0 Å². The van der Waals surface area contributed by atoms with Crippen molar-refractivity contribution >= 4 is 17.8 Å². The molecule has 0 aliphatic rings. The molecule has 2 aromatic rings. The number of ether oxygens (including phenoxy) is 2. The molecule has 0 radical (unpaired) electrons. The van der Waals surface area contributed by atoms with Crippen LogP contribution < -0.4 is 4.74 Å². The Morgan fingerprint density at radius 3 is 2.63 bits per heavy atom. The van der Waals surface area contributed by atoms with Gasteiger partial charge in [-0.2, -0.15) is 0 Å². The number of hydrogen-bond donors (Lipinski definition) is 1. The topological polar surface area (TPSA) is 77.8 Å². The number of ketones is 1. The van der Waals surface area contributed by atoms with Crippen molar-refractivity contribution in [2.24, 2.45) is 0 Å². The van der Waals surface area contributed by atoms with Crippen molar-refractivity contribution in [3.63, 3.8) is 0 Å². The Morgan fingerprint density at radius 1 is 1.22 bits per heavy atom. The van der Waals surface area contributed by atoms with Crippen molar-refractivity contribution in [3.05, 3.63) is 52.9 Å². The molecule has 0 fully saturated rings. The maximum atomic E-state index is 12.4. The molecule has 1 N–H and O–H groups in total. The largest absolute Gasteiger partial charge is 0.504 e. The standard InChI is InChI=1S/C21H25NO5/c1-5-10-22-14(2)11-17(15(22)3)19(24)13-27-21(25)9-7-16-6-8-18(23)20(12-16)26-4/h6-9,11-12,23H,5,10,13H2,1-4H3. The normalized spacial score (nSPS) is 11.0. The summed E-state index contributed by atoms with van der Waals surface area (Å²) in [5.74, 6) is -0.511. The molecule has 0 amide bonds. The monoisotopic (exact) mass is 371 g/mol. The van der Waals surface area contributed by atoms with Gasteiger partial charge in [-0.25, -0.2) is 4.79 Å². The van der Waals surface area contributed by atoms with E-state index in [1.54, 1.807) is 12.1 Å². The van der Waals surface area contributed by atoms with Gasteiger partial charge in [0.1, 0.15) is 0 Å². The first kappa shape index (κ1) is 20.3. The van der Waals surface area contributed by atoms with Crippen LogP contribution in [0.4, 0.5) is 0 Å². The van der Waals surface area contributed by atoms with E-state index in [4.69, 9.17) is 9.47 Å². The van der Waals surface area contributed by atoms with Crippen molar-refractivity contribution in [1.82, 2.24) is 4.57 Å². The summed E-state index contributed by atoms with van der Waals surface area (Å²) in [6, 6.07) is 6.53. The predicted molar refractivity (Wildman–Crippen MR) is 103 cm³/mol. The van der Waals surface area contributed by atoms with Gasteiger partial charge >= 0.3 is 5.97 Å². The predicted octanol–water partition coefficient (Wildman–Crippen LogP) is 3.67. The summed E-state index contributed by atoms with van der Waals surface area (Å²) in [6.07, 6.45) is 3.74. The second kappa shape index (κ2) is 9.07. The number of carbonyl (C=O) groups excluding carboxylic acids is 2. The quantitative estimate of drug-likeness (QED) is 0.435. The van der Waals surface area contributed by atoms with Gasteiger partial charge in [-0.1, -0.05) is 13.0 Å². The molecule has 0 atom stereocenters. The summed E-state index contributed by atoms with van der Waals surface area (Å²) in [4.78, 5) is 24.3. The second-order valence-electron chi connectivity index (χ2n) is 6.23. The van der Waals surface area contributed by atoms with Crippen LogP contribution in [0.25, 0.3) is 6.08 Å². The van der Waals surface area contributed by atoms with Crippen LogP contribution in [0.2, 0.25) is 0 Å². The Morgan fingerprint density at radius 2 is 1.96 bits per heavy atom. The maximum absolute atomic E-state index is 12.4. The summed E-state index contributed by atoms with van der Waals surface area (Å²) in [5, 5.41) is 9.56. The van der Waals surface area contributed by atoms with E-state index in [2.05, 4.69) is 11.5 Å². The summed E-state index contributed by atoms with van der Waals surface area (Å²) in [6.45, 7) is 6.48. The molecule has 1 aromatic heterocycles. The van der Waals surface area contributed by atoms with Gasteiger partial charge in [0.15, 0.2) is 18.1 Å². The number of rotatable bonds is 8. The minimum absolute atomic E-state index is 0.0171. The van der Waals surface area contributed by atoms with Gasteiger partial charge in [-0.3, -0.25) is 4.79 Å². The van der Waals surface area contributed by atoms with E-state index < -0.39 is 5.97 Å². The number of Topliss-reactive ketones (excluding diaryl/α,β-unsaturated/α-hetero) is 1. The maximum Gasteiger partial charge on any atom is 0.331 e. The fraction of sp³-hybridized carbons (Fsp3) is 0.333. The summed E-state index contributed by atoms with van der Waals surface area (Å²) >= 11 is 0. The third-order valence-corrected chi connectivity index (χ3v) is 4.28. The van der Waals surface area contributed by atoms with Crippen molar-refractivity contribution in [2.75, 3.05) is 13.7 Å². The number of nitrogens with zero attached hydrogens (tertiary/aromatic N) is 1.